The summed E-state index contributed by atoms with van der Waals surface area (Å²) in [4.78, 5) is 10.8. The van der Waals surface area contributed by atoms with Crippen LogP contribution in [0.3, 0.4) is 0 Å². The van der Waals surface area contributed by atoms with Gasteiger partial charge in [0.15, 0.2) is 0 Å². The van der Waals surface area contributed by atoms with Gasteiger partial charge in [0.25, 0.3) is 5.69 Å². The number of hydrogen-bond donors (Lipinski definition) is 1. The number of rotatable bonds is 9. The number of benzene rings is 5. The van der Waals surface area contributed by atoms with Crippen LogP contribution >= 0.6 is 0 Å². The molecule has 0 aromatic heterocycles. The highest BCUT2D eigenvalue weighted by molar-refractivity contribution is 5.84. The fourth-order valence-electron chi connectivity index (χ4n) is 4.90. The number of non-ortho nitro benzene ring substituents is 1. The first-order chi connectivity index (χ1) is 18.1. The minimum absolute atomic E-state index is 0.117. The molecule has 0 radical (unpaired) electrons. The molecule has 5 aromatic rings. The van der Waals surface area contributed by atoms with Crippen molar-refractivity contribution in [2.24, 2.45) is 0 Å². The molecule has 0 saturated heterocycles. The standard InChI is InChI=1S/C33H30N2O2/c1-24(34-23-26-14-16-28-9-3-5-11-31(28)22-26)33(29-17-19-32(20-18-29)35(36)37)12-6-7-25-13-15-27-8-2-4-10-30(27)21-25/h2-11,13-22,24,33-34H,12,23H2,1H3. The summed E-state index contributed by atoms with van der Waals surface area (Å²) in [6.07, 6.45) is 5.20. The van der Waals surface area contributed by atoms with E-state index in [1.54, 1.807) is 12.1 Å². The first-order valence-corrected chi connectivity index (χ1v) is 12.7. The van der Waals surface area contributed by atoms with Crippen LogP contribution in [0.4, 0.5) is 5.69 Å². The Morgan fingerprint density at radius 1 is 0.784 bits per heavy atom. The summed E-state index contributed by atoms with van der Waals surface area (Å²) < 4.78 is 0. The number of allylic oxidation sites excluding steroid dienone is 1. The van der Waals surface area contributed by atoms with Crippen molar-refractivity contribution >= 4 is 33.3 Å². The molecule has 0 aliphatic rings. The van der Waals surface area contributed by atoms with Crippen LogP contribution in [0.1, 0.15) is 36.0 Å². The van der Waals surface area contributed by atoms with Gasteiger partial charge in [-0.2, -0.15) is 0 Å². The second-order valence-electron chi connectivity index (χ2n) is 9.55. The SMILES string of the molecule is CC(NCc1ccc2ccccc2c1)C(CC=Cc1ccc2ccccc2c1)c1ccc([N+](=O)[O-])cc1. The summed E-state index contributed by atoms with van der Waals surface area (Å²) in [5.74, 6) is 0.165. The molecule has 0 heterocycles. The summed E-state index contributed by atoms with van der Waals surface area (Å²) in [6, 6.07) is 37.0. The number of nitrogens with one attached hydrogen (secondary N) is 1. The Balaban J connectivity index is 1.33. The maximum absolute atomic E-state index is 11.2. The van der Waals surface area contributed by atoms with E-state index in [1.165, 1.54) is 27.1 Å². The Kier molecular flexibility index (Phi) is 7.38. The maximum atomic E-state index is 11.2. The topological polar surface area (TPSA) is 55.2 Å². The first-order valence-electron chi connectivity index (χ1n) is 12.7. The molecule has 2 atom stereocenters. The molecule has 0 saturated carbocycles. The Morgan fingerprint density at radius 3 is 2.08 bits per heavy atom. The van der Waals surface area contributed by atoms with E-state index in [1.807, 2.05) is 12.1 Å². The van der Waals surface area contributed by atoms with Gasteiger partial charge in [0.05, 0.1) is 4.92 Å². The van der Waals surface area contributed by atoms with E-state index in [2.05, 4.69) is 109 Å². The van der Waals surface area contributed by atoms with Gasteiger partial charge in [0, 0.05) is 30.6 Å². The van der Waals surface area contributed by atoms with Crippen molar-refractivity contribution in [2.45, 2.75) is 31.8 Å². The summed E-state index contributed by atoms with van der Waals surface area (Å²) in [7, 11) is 0. The average Bonchev–Trinajstić information content (AvgIpc) is 2.94. The lowest BCUT2D eigenvalue weighted by Crippen LogP contribution is -2.31. The molecule has 1 N–H and O–H groups in total. The highest BCUT2D eigenvalue weighted by Gasteiger charge is 2.19. The van der Waals surface area contributed by atoms with Crippen LogP contribution in [0.25, 0.3) is 27.6 Å². The van der Waals surface area contributed by atoms with E-state index in [0.717, 1.165) is 24.1 Å². The van der Waals surface area contributed by atoms with E-state index >= 15 is 0 Å². The van der Waals surface area contributed by atoms with Crippen molar-refractivity contribution in [2.75, 3.05) is 0 Å². The van der Waals surface area contributed by atoms with Crippen molar-refractivity contribution in [1.82, 2.24) is 5.32 Å². The lowest BCUT2D eigenvalue weighted by atomic mass is 9.88. The Morgan fingerprint density at radius 2 is 1.41 bits per heavy atom. The molecule has 0 fully saturated rings. The molecule has 0 aliphatic carbocycles. The molecule has 4 nitrogen and oxygen atoms in total. The summed E-state index contributed by atoms with van der Waals surface area (Å²) in [5.41, 5.74) is 3.61. The first kappa shape index (κ1) is 24.4. The van der Waals surface area contributed by atoms with Gasteiger partial charge in [-0.3, -0.25) is 10.1 Å². The van der Waals surface area contributed by atoms with E-state index in [4.69, 9.17) is 0 Å². The van der Waals surface area contributed by atoms with Gasteiger partial charge >= 0.3 is 0 Å². The van der Waals surface area contributed by atoms with Crippen LogP contribution in [0, 0.1) is 10.1 Å². The number of nitro groups is 1. The fourth-order valence-corrected chi connectivity index (χ4v) is 4.90. The normalized spacial score (nSPS) is 13.2. The number of nitrogens with zero attached hydrogens (tertiary/aromatic N) is 1. The lowest BCUT2D eigenvalue weighted by molar-refractivity contribution is -0.384. The molecule has 2 unspecified atom stereocenters. The van der Waals surface area contributed by atoms with E-state index in [-0.39, 0.29) is 22.6 Å². The molecule has 5 rings (SSSR count). The van der Waals surface area contributed by atoms with Crippen molar-refractivity contribution < 1.29 is 4.92 Å². The molecule has 0 bridgehead atoms. The third-order valence-corrected chi connectivity index (χ3v) is 7.05. The van der Waals surface area contributed by atoms with Gasteiger partial charge in [-0.15, -0.1) is 0 Å². The highest BCUT2D eigenvalue weighted by atomic mass is 16.6. The number of fused-ring (bicyclic) bond motifs is 2. The third-order valence-electron chi connectivity index (χ3n) is 7.05. The molecule has 5 aromatic carbocycles. The molecule has 0 amide bonds. The second kappa shape index (κ2) is 11.2. The molecule has 0 aliphatic heterocycles. The average molecular weight is 487 g/mol. The fraction of sp³-hybridized carbons (Fsp3) is 0.152. The second-order valence-corrected chi connectivity index (χ2v) is 9.55. The van der Waals surface area contributed by atoms with Gasteiger partial charge in [-0.1, -0.05) is 97.1 Å². The Hall–Kier alpha value is -4.28. The van der Waals surface area contributed by atoms with Gasteiger partial charge in [0.1, 0.15) is 0 Å². The van der Waals surface area contributed by atoms with Crippen LogP contribution in [0.5, 0.6) is 0 Å². The minimum Gasteiger partial charge on any atom is -0.310 e. The molecule has 0 spiro atoms. The molecule has 37 heavy (non-hydrogen) atoms. The monoisotopic (exact) mass is 486 g/mol. The molecular weight excluding hydrogens is 456 g/mol. The Bertz CT molecular complexity index is 1560. The van der Waals surface area contributed by atoms with Crippen LogP contribution < -0.4 is 5.32 Å². The Labute approximate surface area is 217 Å². The lowest BCUT2D eigenvalue weighted by Gasteiger charge is -2.25. The smallest absolute Gasteiger partial charge is 0.269 e. The zero-order valence-corrected chi connectivity index (χ0v) is 20.9. The van der Waals surface area contributed by atoms with Gasteiger partial charge < -0.3 is 5.32 Å². The zero-order chi connectivity index (χ0) is 25.6. The van der Waals surface area contributed by atoms with Crippen LogP contribution in [-0.4, -0.2) is 11.0 Å². The van der Waals surface area contributed by atoms with Crippen molar-refractivity contribution in [3.05, 3.63) is 142 Å². The predicted octanol–water partition coefficient (Wildman–Crippen LogP) is 8.27. The minimum atomic E-state index is -0.347. The highest BCUT2D eigenvalue weighted by Crippen LogP contribution is 2.27. The summed E-state index contributed by atoms with van der Waals surface area (Å²) in [6.45, 7) is 2.95. The summed E-state index contributed by atoms with van der Waals surface area (Å²) >= 11 is 0. The van der Waals surface area contributed by atoms with Crippen molar-refractivity contribution in [1.29, 1.82) is 0 Å². The largest absolute Gasteiger partial charge is 0.310 e. The van der Waals surface area contributed by atoms with E-state index in [9.17, 15) is 10.1 Å². The van der Waals surface area contributed by atoms with Gasteiger partial charge in [-0.05, 0) is 63.7 Å². The van der Waals surface area contributed by atoms with Gasteiger partial charge in [0.2, 0.25) is 0 Å². The van der Waals surface area contributed by atoms with Crippen LogP contribution in [0.15, 0.2) is 115 Å². The quantitative estimate of drug-likeness (QED) is 0.168. The van der Waals surface area contributed by atoms with Crippen LogP contribution in [-0.2, 0) is 6.54 Å². The number of nitro benzene ring substituents is 1. The predicted molar refractivity (Wildman–Crippen MR) is 154 cm³/mol. The van der Waals surface area contributed by atoms with Gasteiger partial charge in [-0.25, -0.2) is 0 Å². The molecule has 184 valence electrons. The summed E-state index contributed by atoms with van der Waals surface area (Å²) in [5, 5.41) is 19.8. The van der Waals surface area contributed by atoms with E-state index < -0.39 is 0 Å². The van der Waals surface area contributed by atoms with Crippen LogP contribution in [0.2, 0.25) is 0 Å². The third kappa shape index (κ3) is 5.93. The van der Waals surface area contributed by atoms with E-state index in [0.29, 0.717) is 0 Å². The molecule has 4 heteroatoms. The molecular formula is C33H30N2O2. The van der Waals surface area contributed by atoms with Crippen molar-refractivity contribution in [3.63, 3.8) is 0 Å². The zero-order valence-electron chi connectivity index (χ0n) is 20.9. The maximum Gasteiger partial charge on any atom is 0.269 e. The number of hydrogen-bond acceptors (Lipinski definition) is 3. The van der Waals surface area contributed by atoms with Crippen molar-refractivity contribution in [3.8, 4) is 0 Å².